The summed E-state index contributed by atoms with van der Waals surface area (Å²) in [5, 5.41) is 0. The molecular weight excluding hydrogens is 176 g/mol. The second-order valence-electron chi connectivity index (χ2n) is 4.74. The van der Waals surface area contributed by atoms with Crippen molar-refractivity contribution in [3.8, 4) is 0 Å². The van der Waals surface area contributed by atoms with Crippen molar-refractivity contribution in [1.82, 2.24) is 0 Å². The maximum absolute atomic E-state index is 5.31. The maximum atomic E-state index is 5.31. The van der Waals surface area contributed by atoms with Crippen molar-refractivity contribution in [2.24, 2.45) is 5.92 Å². The molecule has 0 aromatic carbocycles. The van der Waals surface area contributed by atoms with Gasteiger partial charge in [-0.1, -0.05) is 32.6 Å². The monoisotopic (exact) mass is 198 g/mol. The molecule has 2 nitrogen and oxygen atoms in total. The van der Waals surface area contributed by atoms with Gasteiger partial charge in [0.05, 0.1) is 25.4 Å². The fraction of sp³-hybridized carbons (Fsp3) is 1.00. The molecule has 82 valence electrons. The number of hydrogen-bond acceptors (Lipinski definition) is 2. The van der Waals surface area contributed by atoms with Crippen LogP contribution in [-0.4, -0.2) is 25.4 Å². The van der Waals surface area contributed by atoms with E-state index in [2.05, 4.69) is 6.92 Å². The molecule has 2 atom stereocenters. The first-order chi connectivity index (χ1) is 6.88. The molecule has 2 rings (SSSR count). The Labute approximate surface area is 87.0 Å². The summed E-state index contributed by atoms with van der Waals surface area (Å²) < 4.78 is 10.6. The smallest absolute Gasteiger partial charge is 0.0812 e. The Balaban J connectivity index is 1.61. The van der Waals surface area contributed by atoms with Gasteiger partial charge >= 0.3 is 0 Å². The second-order valence-corrected chi connectivity index (χ2v) is 4.74. The predicted molar refractivity (Wildman–Crippen MR) is 56.3 cm³/mol. The molecule has 2 heteroatoms. The zero-order valence-electron chi connectivity index (χ0n) is 9.21. The highest BCUT2D eigenvalue weighted by Gasteiger charge is 2.31. The summed E-state index contributed by atoms with van der Waals surface area (Å²) in [4.78, 5) is 0. The molecule has 0 aromatic heterocycles. The highest BCUT2D eigenvalue weighted by molar-refractivity contribution is 4.79. The van der Waals surface area contributed by atoms with E-state index in [1.165, 1.54) is 38.5 Å². The topological polar surface area (TPSA) is 25.1 Å². The summed E-state index contributed by atoms with van der Waals surface area (Å²) in [6, 6.07) is 0. The third-order valence-corrected chi connectivity index (χ3v) is 3.21. The van der Waals surface area contributed by atoms with E-state index in [4.69, 9.17) is 9.47 Å². The third-order valence-electron chi connectivity index (χ3n) is 3.21. The molecule has 0 saturated carbocycles. The van der Waals surface area contributed by atoms with Crippen LogP contribution in [0.3, 0.4) is 0 Å². The normalized spacial score (nSPS) is 31.5. The summed E-state index contributed by atoms with van der Waals surface area (Å²) >= 11 is 0. The van der Waals surface area contributed by atoms with Crippen molar-refractivity contribution in [3.63, 3.8) is 0 Å². The molecule has 0 aliphatic carbocycles. The van der Waals surface area contributed by atoms with Gasteiger partial charge in [-0.25, -0.2) is 0 Å². The molecule has 0 N–H and O–H groups in total. The SMILES string of the molecule is CCCCCC(CC1CO1)CC1CO1. The average molecular weight is 198 g/mol. The van der Waals surface area contributed by atoms with Gasteiger partial charge in [0.1, 0.15) is 0 Å². The van der Waals surface area contributed by atoms with Crippen molar-refractivity contribution in [1.29, 1.82) is 0 Å². The van der Waals surface area contributed by atoms with Gasteiger partial charge in [0.2, 0.25) is 0 Å². The van der Waals surface area contributed by atoms with E-state index in [1.54, 1.807) is 0 Å². The van der Waals surface area contributed by atoms with Crippen molar-refractivity contribution >= 4 is 0 Å². The summed E-state index contributed by atoms with van der Waals surface area (Å²) in [7, 11) is 0. The van der Waals surface area contributed by atoms with Crippen LogP contribution in [0.2, 0.25) is 0 Å². The lowest BCUT2D eigenvalue weighted by atomic mass is 9.92. The lowest BCUT2D eigenvalue weighted by molar-refractivity contribution is 0.292. The third kappa shape index (κ3) is 3.97. The first kappa shape index (κ1) is 10.4. The van der Waals surface area contributed by atoms with Crippen LogP contribution in [0.25, 0.3) is 0 Å². The van der Waals surface area contributed by atoms with Crippen LogP contribution in [0.4, 0.5) is 0 Å². The molecule has 14 heavy (non-hydrogen) atoms. The highest BCUT2D eigenvalue weighted by Crippen LogP contribution is 2.30. The molecule has 0 aromatic rings. The summed E-state index contributed by atoms with van der Waals surface area (Å²) in [5.74, 6) is 0.863. The molecule has 0 amide bonds. The van der Waals surface area contributed by atoms with E-state index >= 15 is 0 Å². The summed E-state index contributed by atoms with van der Waals surface area (Å²) in [5.41, 5.74) is 0. The Morgan fingerprint density at radius 3 is 2.07 bits per heavy atom. The molecule has 2 unspecified atom stereocenters. The minimum Gasteiger partial charge on any atom is -0.373 e. The fourth-order valence-electron chi connectivity index (χ4n) is 2.17. The highest BCUT2D eigenvalue weighted by atomic mass is 16.6. The molecule has 0 spiro atoms. The van der Waals surface area contributed by atoms with Crippen molar-refractivity contribution in [2.75, 3.05) is 13.2 Å². The van der Waals surface area contributed by atoms with Crippen molar-refractivity contribution < 1.29 is 9.47 Å². The van der Waals surface area contributed by atoms with E-state index in [0.717, 1.165) is 19.1 Å². The number of hydrogen-bond donors (Lipinski definition) is 0. The lowest BCUT2D eigenvalue weighted by Crippen LogP contribution is -2.07. The van der Waals surface area contributed by atoms with Gasteiger partial charge in [-0.05, 0) is 18.8 Å². The van der Waals surface area contributed by atoms with Crippen LogP contribution in [0.15, 0.2) is 0 Å². The van der Waals surface area contributed by atoms with Crippen LogP contribution < -0.4 is 0 Å². The van der Waals surface area contributed by atoms with Gasteiger partial charge in [0.25, 0.3) is 0 Å². The van der Waals surface area contributed by atoms with Gasteiger partial charge in [0.15, 0.2) is 0 Å². The molecule has 2 saturated heterocycles. The first-order valence-corrected chi connectivity index (χ1v) is 6.11. The molecule has 2 aliphatic rings. The van der Waals surface area contributed by atoms with Crippen LogP contribution in [0.5, 0.6) is 0 Å². The van der Waals surface area contributed by atoms with E-state index in [0.29, 0.717) is 12.2 Å². The van der Waals surface area contributed by atoms with E-state index in [9.17, 15) is 0 Å². The molecule has 2 heterocycles. The van der Waals surface area contributed by atoms with Crippen LogP contribution in [-0.2, 0) is 9.47 Å². The van der Waals surface area contributed by atoms with Crippen LogP contribution in [0.1, 0.15) is 45.4 Å². The zero-order chi connectivity index (χ0) is 9.80. The minimum atomic E-state index is 0.598. The first-order valence-electron chi connectivity index (χ1n) is 6.11. The largest absolute Gasteiger partial charge is 0.373 e. The molecule has 0 radical (unpaired) electrons. The van der Waals surface area contributed by atoms with Gasteiger partial charge in [0, 0.05) is 0 Å². The van der Waals surface area contributed by atoms with Crippen LogP contribution >= 0.6 is 0 Å². The van der Waals surface area contributed by atoms with E-state index < -0.39 is 0 Å². The Morgan fingerprint density at radius 1 is 1.07 bits per heavy atom. The molecule has 2 fully saturated rings. The molecule has 0 bridgehead atoms. The zero-order valence-corrected chi connectivity index (χ0v) is 9.21. The van der Waals surface area contributed by atoms with Crippen molar-refractivity contribution in [2.45, 2.75) is 57.7 Å². The van der Waals surface area contributed by atoms with Gasteiger partial charge in [-0.3, -0.25) is 0 Å². The minimum absolute atomic E-state index is 0.598. The van der Waals surface area contributed by atoms with E-state index in [1.807, 2.05) is 0 Å². The Kier molecular flexibility index (Phi) is 3.82. The number of rotatable bonds is 8. The molecule has 2 aliphatic heterocycles. The van der Waals surface area contributed by atoms with Gasteiger partial charge in [-0.15, -0.1) is 0 Å². The summed E-state index contributed by atoms with van der Waals surface area (Å²) in [6.07, 6.45) is 9.24. The van der Waals surface area contributed by atoms with E-state index in [-0.39, 0.29) is 0 Å². The Hall–Kier alpha value is -0.0800. The van der Waals surface area contributed by atoms with Crippen molar-refractivity contribution in [3.05, 3.63) is 0 Å². The van der Waals surface area contributed by atoms with Gasteiger partial charge in [-0.2, -0.15) is 0 Å². The predicted octanol–water partition coefficient (Wildman–Crippen LogP) is 2.76. The Morgan fingerprint density at radius 2 is 1.64 bits per heavy atom. The number of unbranched alkanes of at least 4 members (excludes halogenated alkanes) is 2. The number of epoxide rings is 2. The number of ether oxygens (including phenoxy) is 2. The Bertz CT molecular complexity index is 148. The van der Waals surface area contributed by atoms with Gasteiger partial charge < -0.3 is 9.47 Å². The fourth-order valence-corrected chi connectivity index (χ4v) is 2.17. The quantitative estimate of drug-likeness (QED) is 0.442. The molecular formula is C12H22O2. The second kappa shape index (κ2) is 5.13. The summed E-state index contributed by atoms with van der Waals surface area (Å²) in [6.45, 7) is 4.29. The maximum Gasteiger partial charge on any atom is 0.0812 e. The van der Waals surface area contributed by atoms with Crippen LogP contribution in [0, 0.1) is 5.92 Å². The average Bonchev–Trinajstić information content (AvgIpc) is 2.99. The lowest BCUT2D eigenvalue weighted by Gasteiger charge is -2.13. The standard InChI is InChI=1S/C12H22O2/c1-2-3-4-5-10(6-11-8-13-11)7-12-9-14-12/h10-12H,2-9H2,1H3.